The molecule has 0 aliphatic carbocycles. The van der Waals surface area contributed by atoms with Crippen LogP contribution in [0.15, 0.2) is 29.2 Å². The topological polar surface area (TPSA) is 60.9 Å². The zero-order chi connectivity index (χ0) is 14.3. The maximum absolute atomic E-state index is 12.7. The van der Waals surface area contributed by atoms with Crippen molar-refractivity contribution < 1.29 is 13.5 Å². The quantitative estimate of drug-likeness (QED) is 0.860. The molecule has 2 fully saturated rings. The number of hydrogen-bond acceptors (Lipinski definition) is 4. The van der Waals surface area contributed by atoms with Crippen molar-refractivity contribution in [1.29, 1.82) is 0 Å². The summed E-state index contributed by atoms with van der Waals surface area (Å²) >= 11 is 0. The largest absolute Gasteiger partial charge is 0.391 e. The van der Waals surface area contributed by atoms with E-state index in [0.717, 1.165) is 18.7 Å². The second kappa shape index (κ2) is 5.11. The Labute approximate surface area is 119 Å². The Morgan fingerprint density at radius 1 is 1.15 bits per heavy atom. The Morgan fingerprint density at radius 2 is 1.85 bits per heavy atom. The number of piperazine rings is 1. The summed E-state index contributed by atoms with van der Waals surface area (Å²) in [5.41, 5.74) is 1.03. The molecule has 1 aromatic rings. The van der Waals surface area contributed by atoms with Crippen LogP contribution in [0.3, 0.4) is 0 Å². The number of nitrogens with zero attached hydrogens (tertiary/aromatic N) is 2. The Hall–Kier alpha value is -0.950. The molecule has 1 unspecified atom stereocenters. The molecule has 2 bridgehead atoms. The van der Waals surface area contributed by atoms with Crippen molar-refractivity contribution in [2.45, 2.75) is 30.4 Å². The lowest BCUT2D eigenvalue weighted by Crippen LogP contribution is -2.62. The van der Waals surface area contributed by atoms with Gasteiger partial charge < -0.3 is 10.0 Å². The minimum Gasteiger partial charge on any atom is -0.391 e. The lowest BCUT2D eigenvalue weighted by atomic mass is 10.0. The second-order valence-corrected chi connectivity index (χ2v) is 7.54. The van der Waals surface area contributed by atoms with Gasteiger partial charge in [-0.15, -0.1) is 0 Å². The fourth-order valence-corrected chi connectivity index (χ4v) is 4.66. The molecule has 2 saturated heterocycles. The third-order valence-electron chi connectivity index (χ3n) is 4.26. The Bertz CT molecular complexity index is 585. The maximum atomic E-state index is 12.7. The van der Waals surface area contributed by atoms with E-state index < -0.39 is 16.1 Å². The first-order chi connectivity index (χ1) is 9.48. The molecule has 1 aromatic carbocycles. The number of aliphatic hydroxyl groups is 1. The van der Waals surface area contributed by atoms with Crippen LogP contribution in [0.4, 0.5) is 0 Å². The molecule has 6 heteroatoms. The average molecular weight is 296 g/mol. The van der Waals surface area contributed by atoms with Crippen LogP contribution in [-0.2, 0) is 10.0 Å². The van der Waals surface area contributed by atoms with Crippen LogP contribution < -0.4 is 0 Å². The van der Waals surface area contributed by atoms with E-state index >= 15 is 0 Å². The van der Waals surface area contributed by atoms with Crippen molar-refractivity contribution in [3.63, 3.8) is 0 Å². The highest BCUT2D eigenvalue weighted by Gasteiger charge is 2.42. The van der Waals surface area contributed by atoms with Gasteiger partial charge in [0.1, 0.15) is 0 Å². The third-order valence-corrected chi connectivity index (χ3v) is 6.20. The van der Waals surface area contributed by atoms with Crippen LogP contribution in [-0.4, -0.2) is 61.1 Å². The normalized spacial score (nSPS) is 31.2. The Balaban J connectivity index is 1.92. The van der Waals surface area contributed by atoms with Crippen molar-refractivity contribution in [3.8, 4) is 0 Å². The molecule has 2 heterocycles. The van der Waals surface area contributed by atoms with Crippen LogP contribution in [0, 0.1) is 6.92 Å². The van der Waals surface area contributed by atoms with E-state index in [0.29, 0.717) is 24.4 Å². The van der Waals surface area contributed by atoms with Crippen LogP contribution >= 0.6 is 0 Å². The maximum Gasteiger partial charge on any atom is 0.243 e. The molecule has 3 atom stereocenters. The first kappa shape index (κ1) is 14.0. The number of aryl methyl sites for hydroxylation is 1. The van der Waals surface area contributed by atoms with E-state index in [1.165, 1.54) is 4.31 Å². The number of fused-ring (bicyclic) bond motifs is 2. The highest BCUT2D eigenvalue weighted by molar-refractivity contribution is 7.89. The van der Waals surface area contributed by atoms with Crippen LogP contribution in [0.2, 0.25) is 0 Å². The minimum absolute atomic E-state index is 0.314. The van der Waals surface area contributed by atoms with Crippen LogP contribution in [0.1, 0.15) is 12.0 Å². The third kappa shape index (κ3) is 2.37. The number of benzene rings is 1. The predicted molar refractivity (Wildman–Crippen MR) is 75.9 cm³/mol. The number of aliphatic hydroxyl groups excluding tert-OH is 1. The van der Waals surface area contributed by atoms with Crippen molar-refractivity contribution in [1.82, 2.24) is 9.21 Å². The Morgan fingerprint density at radius 3 is 2.55 bits per heavy atom. The van der Waals surface area contributed by atoms with Gasteiger partial charge in [0, 0.05) is 26.2 Å². The molecule has 2 aliphatic heterocycles. The molecule has 3 rings (SSSR count). The lowest BCUT2D eigenvalue weighted by molar-refractivity contribution is -0.0115. The van der Waals surface area contributed by atoms with E-state index in [1.54, 1.807) is 24.3 Å². The molecule has 0 saturated carbocycles. The molecule has 2 aliphatic rings. The fourth-order valence-electron chi connectivity index (χ4n) is 3.02. The summed E-state index contributed by atoms with van der Waals surface area (Å²) in [6.45, 7) is 4.62. The molecule has 0 amide bonds. The summed E-state index contributed by atoms with van der Waals surface area (Å²) in [6.07, 6.45) is 0.0803. The van der Waals surface area contributed by atoms with Gasteiger partial charge in [0.25, 0.3) is 0 Å². The van der Waals surface area contributed by atoms with Crippen molar-refractivity contribution in [3.05, 3.63) is 29.8 Å². The van der Waals surface area contributed by atoms with E-state index in [2.05, 4.69) is 4.90 Å². The number of rotatable bonds is 2. The standard InChI is InChI=1S/C14H20N2O3S/c1-11-2-4-12(5-3-11)20(18,19)16-9-8-15-7-6-14(17)13(16)10-15/h2-5,13-14,17H,6-10H2,1H3/t13-,14+/m0/s1. The van der Waals surface area contributed by atoms with Gasteiger partial charge >= 0.3 is 0 Å². The number of sulfonamides is 1. The molecule has 0 spiro atoms. The SMILES string of the molecule is Cc1ccc(S(=O)(=O)N2CCN3CC[C@@H](O)[C@@H]2C3)cc1. The van der Waals surface area contributed by atoms with Gasteiger partial charge in [-0.1, -0.05) is 17.7 Å². The zero-order valence-electron chi connectivity index (χ0n) is 11.6. The molecular weight excluding hydrogens is 276 g/mol. The van der Waals surface area contributed by atoms with Gasteiger partial charge in [0.15, 0.2) is 0 Å². The molecule has 20 heavy (non-hydrogen) atoms. The summed E-state index contributed by atoms with van der Waals surface area (Å²) in [7, 11) is -3.52. The van der Waals surface area contributed by atoms with Crippen molar-refractivity contribution >= 4 is 10.0 Å². The van der Waals surface area contributed by atoms with Crippen LogP contribution in [0.5, 0.6) is 0 Å². The van der Waals surface area contributed by atoms with Gasteiger partial charge in [-0.05, 0) is 25.5 Å². The summed E-state index contributed by atoms with van der Waals surface area (Å²) in [6, 6.07) is 6.59. The minimum atomic E-state index is -3.52. The first-order valence-electron chi connectivity index (χ1n) is 6.97. The van der Waals surface area contributed by atoms with E-state index in [-0.39, 0.29) is 6.04 Å². The number of piperidine rings is 1. The summed E-state index contributed by atoms with van der Waals surface area (Å²) in [5, 5.41) is 10.1. The monoisotopic (exact) mass is 296 g/mol. The van der Waals surface area contributed by atoms with E-state index in [9.17, 15) is 13.5 Å². The average Bonchev–Trinajstić information content (AvgIpc) is 2.44. The number of hydrogen-bond donors (Lipinski definition) is 1. The lowest BCUT2D eigenvalue weighted by Gasteiger charge is -2.46. The predicted octanol–water partition coefficient (Wildman–Crippen LogP) is 0.435. The van der Waals surface area contributed by atoms with Crippen LogP contribution in [0.25, 0.3) is 0 Å². The molecule has 1 N–H and O–H groups in total. The van der Waals surface area contributed by atoms with E-state index in [1.807, 2.05) is 6.92 Å². The Kier molecular flexibility index (Phi) is 3.58. The first-order valence-corrected chi connectivity index (χ1v) is 8.41. The summed E-state index contributed by atoms with van der Waals surface area (Å²) in [4.78, 5) is 2.53. The van der Waals surface area contributed by atoms with Crippen molar-refractivity contribution in [2.75, 3.05) is 26.2 Å². The molecule has 5 nitrogen and oxygen atoms in total. The zero-order valence-corrected chi connectivity index (χ0v) is 12.4. The van der Waals surface area contributed by atoms with Gasteiger partial charge in [0.2, 0.25) is 10.0 Å². The molecule has 110 valence electrons. The van der Waals surface area contributed by atoms with E-state index in [4.69, 9.17) is 0 Å². The highest BCUT2D eigenvalue weighted by Crippen LogP contribution is 2.27. The van der Waals surface area contributed by atoms with Gasteiger partial charge in [-0.25, -0.2) is 8.42 Å². The smallest absolute Gasteiger partial charge is 0.243 e. The van der Waals surface area contributed by atoms with Gasteiger partial charge in [-0.3, -0.25) is 0 Å². The van der Waals surface area contributed by atoms with Gasteiger partial charge in [-0.2, -0.15) is 4.31 Å². The second-order valence-electron chi connectivity index (χ2n) is 5.65. The van der Waals surface area contributed by atoms with Gasteiger partial charge in [0.05, 0.1) is 17.0 Å². The fraction of sp³-hybridized carbons (Fsp3) is 0.571. The molecule has 0 aromatic heterocycles. The highest BCUT2D eigenvalue weighted by atomic mass is 32.2. The molecular formula is C14H20N2O3S. The van der Waals surface area contributed by atoms with Crippen molar-refractivity contribution in [2.24, 2.45) is 0 Å². The molecule has 0 radical (unpaired) electrons. The summed E-state index contributed by atoms with van der Waals surface area (Å²) < 4.78 is 27.0. The summed E-state index contributed by atoms with van der Waals surface area (Å²) in [5.74, 6) is 0.